The molecular weight excluding hydrogens is 2030 g/mol. The molecule has 12 heterocycles. The number of piperidine rings is 4. The molecule has 1 unspecified atom stereocenters. The molecule has 35 nitrogen and oxygen atoms in total. The Labute approximate surface area is 894 Å². The van der Waals surface area contributed by atoms with Crippen LogP contribution < -0.4 is 69.5 Å². The molecule has 8 aliphatic heterocycles. The largest absolute Gasteiger partial charge is 0.394 e. The Bertz CT molecular complexity index is 5770. The van der Waals surface area contributed by atoms with Crippen LogP contribution in [0.2, 0.25) is 40.7 Å². The van der Waals surface area contributed by atoms with E-state index in [4.69, 9.17) is 121 Å². The number of carbonyl (C=O) groups excluding carboxylic acids is 5. The molecule has 4 aromatic carbocycles. The summed E-state index contributed by atoms with van der Waals surface area (Å²) in [5.74, 6) is 0.516. The number of hydrogen-bond donors (Lipinski definition) is 10. The monoisotopic (exact) mass is 2160 g/mol. The minimum absolute atomic E-state index is 0.00836. The van der Waals surface area contributed by atoms with Crippen LogP contribution in [0.5, 0.6) is 0 Å². The van der Waals surface area contributed by atoms with E-state index in [-0.39, 0.29) is 115 Å². The number of primary amides is 1. The summed E-state index contributed by atoms with van der Waals surface area (Å²) in [7, 11) is 3.04. The van der Waals surface area contributed by atoms with Crippen molar-refractivity contribution in [2.45, 2.75) is 216 Å². The van der Waals surface area contributed by atoms with E-state index in [1.54, 1.807) is 24.3 Å². The van der Waals surface area contributed by atoms with E-state index < -0.39 is 17.9 Å². The molecule has 10 fully saturated rings. The third-order valence-corrected chi connectivity index (χ3v) is 32.2. The lowest BCUT2D eigenvalue weighted by atomic mass is 9.95. The van der Waals surface area contributed by atoms with E-state index in [1.807, 2.05) is 48.5 Å². The summed E-state index contributed by atoms with van der Waals surface area (Å²) in [6.45, 7) is 27.7. The van der Waals surface area contributed by atoms with Gasteiger partial charge in [-0.05, 0) is 194 Å². The van der Waals surface area contributed by atoms with Crippen molar-refractivity contribution in [3.05, 3.63) is 183 Å². The van der Waals surface area contributed by atoms with Crippen molar-refractivity contribution in [3.63, 3.8) is 0 Å². The topological polar surface area (TPSA) is 426 Å². The number of halogens is 9. The van der Waals surface area contributed by atoms with Crippen molar-refractivity contribution in [3.8, 4) is 0 Å². The standard InChI is InChI=1S/C27H36Cl2N8O2.C26H34Cl2FN7O.C25H35Cl2N7O2.C24H33Cl2N7O/c1-2-19-15-36(26-23(29)33-21(24(30)34-26)27(39)32-18-7-8-18)13-14-37(19)20-9-11-35(12-10-20)22(25(31)38)16-3-5-17(28)6-4-16;1-2-19-15-35(25-23(28)32-22(24(30)33-25)26(37)31-18-5-6-18)11-12-36(19)20-7-9-34(10-8-20)14-16-3-4-17(27)13-21(16)29;1-3-18-14-33(24-22(27)30-21(23(28)31-24)25(36)29-2)12-13-34(18)19-8-10-32(11-9-19)20(15-35)16-4-6-17(26)7-5-16;1-3-18-15-32(23-21(26)29-20(22(27)30-23)24(34)28-2)12-13-33(18)19-8-10-31(11-9-19)14-16-4-6-17(25)7-5-16/h3-6,18-20,22H,2,7-15H2,1H3,(H2,30,34)(H2,31,38)(H,32,39);3-4,13,18-20H,2,5-12,14-15H2,1H3,(H2,30,33)(H,31,37);4-7,18-20,35H,3,8-15H2,1-2H3,(H2,28,31)(H,29,36);4-7,18-19H,3,8-15H2,1-2H3,(H2,27,30)(H,28,34)/t19-,22?;19-;18-,20-;18-/m0000/s1. The number of nitrogens with two attached hydrogens (primary N) is 5. The van der Waals surface area contributed by atoms with Gasteiger partial charge < -0.3 is 74.6 Å². The molecule has 0 bridgehead atoms. The first-order valence-corrected chi connectivity index (χ1v) is 54.3. The number of nitrogens with zero attached hydrogens (tertiary/aromatic N) is 20. The Morgan fingerprint density at radius 2 is 0.678 bits per heavy atom. The van der Waals surface area contributed by atoms with Gasteiger partial charge in [-0.3, -0.25) is 63.2 Å². The second-order valence-corrected chi connectivity index (χ2v) is 42.6. The molecule has 5 amide bonds. The fraction of sp³-hybridized carbons (Fsp3) is 0.559. The van der Waals surface area contributed by atoms with Gasteiger partial charge in [0.1, 0.15) is 11.9 Å². The molecule has 44 heteroatoms. The summed E-state index contributed by atoms with van der Waals surface area (Å²) in [6.07, 6.45) is 16.3. The zero-order valence-corrected chi connectivity index (χ0v) is 89.9. The zero-order valence-electron chi connectivity index (χ0n) is 83.9. The Balaban J connectivity index is 0.000000146. The van der Waals surface area contributed by atoms with Crippen molar-refractivity contribution in [1.29, 1.82) is 0 Å². The van der Waals surface area contributed by atoms with E-state index in [1.165, 1.54) is 38.6 Å². The Hall–Kier alpha value is -9.16. The van der Waals surface area contributed by atoms with Crippen LogP contribution >= 0.6 is 92.8 Å². The average molecular weight is 2170 g/mol. The van der Waals surface area contributed by atoms with E-state index in [2.05, 4.69) is 160 Å². The number of hydrogen-bond acceptors (Lipinski definition) is 30. The molecular formula is C102H138Cl8FN29O6. The quantitative estimate of drug-likeness (QED) is 0.0218. The lowest BCUT2D eigenvalue weighted by molar-refractivity contribution is -0.124. The minimum Gasteiger partial charge on any atom is -0.394 e. The predicted molar refractivity (Wildman–Crippen MR) is 579 cm³/mol. The van der Waals surface area contributed by atoms with Gasteiger partial charge in [0.05, 0.1) is 12.6 Å². The van der Waals surface area contributed by atoms with Crippen LogP contribution in [-0.4, -0.2) is 326 Å². The fourth-order valence-corrected chi connectivity index (χ4v) is 23.4. The van der Waals surface area contributed by atoms with Gasteiger partial charge in [-0.1, -0.05) is 163 Å². The number of carbonyl (C=O) groups is 5. The third-order valence-electron chi connectivity index (χ3n) is 30.2. The lowest BCUT2D eigenvalue weighted by Gasteiger charge is -2.48. The molecule has 10 aliphatic rings. The van der Waals surface area contributed by atoms with Crippen molar-refractivity contribution in [2.24, 2.45) is 5.73 Å². The molecule has 18 rings (SSSR count). The summed E-state index contributed by atoms with van der Waals surface area (Å²) in [5.41, 5.74) is 34.4. The summed E-state index contributed by atoms with van der Waals surface area (Å²) in [5, 5.41) is 24.3. The number of anilines is 8. The van der Waals surface area contributed by atoms with E-state index in [9.17, 15) is 33.5 Å². The summed E-state index contributed by atoms with van der Waals surface area (Å²) >= 11 is 49.9. The summed E-state index contributed by atoms with van der Waals surface area (Å²) in [4.78, 5) is 125. The number of nitrogens with one attached hydrogen (secondary N) is 4. The van der Waals surface area contributed by atoms with Gasteiger partial charge in [-0.15, -0.1) is 0 Å². The van der Waals surface area contributed by atoms with E-state index in [0.717, 1.165) is 243 Å². The highest BCUT2D eigenvalue weighted by atomic mass is 35.5. The normalized spacial score (nSPS) is 21.3. The Morgan fingerprint density at radius 3 is 0.986 bits per heavy atom. The van der Waals surface area contributed by atoms with Gasteiger partial charge >= 0.3 is 0 Å². The van der Waals surface area contributed by atoms with Gasteiger partial charge in [0.15, 0.2) is 89.9 Å². The van der Waals surface area contributed by atoms with Gasteiger partial charge in [-0.25, -0.2) is 44.3 Å². The first-order chi connectivity index (χ1) is 70.3. The summed E-state index contributed by atoms with van der Waals surface area (Å²) in [6, 6.07) is 31.5. The maximum Gasteiger partial charge on any atom is 0.274 e. The highest BCUT2D eigenvalue weighted by Crippen LogP contribution is 2.40. The lowest BCUT2D eigenvalue weighted by Crippen LogP contribution is -2.59. The molecule has 0 radical (unpaired) electrons. The zero-order chi connectivity index (χ0) is 104. The molecule has 2 saturated carbocycles. The van der Waals surface area contributed by atoms with Crippen LogP contribution in [0.3, 0.4) is 0 Å². The van der Waals surface area contributed by atoms with Crippen molar-refractivity contribution in [2.75, 3.05) is 194 Å². The fourth-order valence-electron chi connectivity index (χ4n) is 21.8. The molecule has 15 N–H and O–H groups in total. The van der Waals surface area contributed by atoms with Crippen molar-refractivity contribution in [1.82, 2.24) is 100 Å². The number of amides is 5. The highest BCUT2D eigenvalue weighted by Gasteiger charge is 2.43. The minimum atomic E-state index is -0.456. The van der Waals surface area contributed by atoms with Crippen molar-refractivity contribution < 1.29 is 33.5 Å². The number of rotatable bonds is 28. The summed E-state index contributed by atoms with van der Waals surface area (Å²) < 4.78 is 14.2. The van der Waals surface area contributed by atoms with E-state index in [0.29, 0.717) is 98.8 Å². The molecule has 8 saturated heterocycles. The smallest absolute Gasteiger partial charge is 0.274 e. The second kappa shape index (κ2) is 51.6. The van der Waals surface area contributed by atoms with Crippen LogP contribution in [0.1, 0.15) is 207 Å². The number of nitrogen functional groups attached to an aromatic ring is 4. The number of aliphatic hydroxyl groups excluding tert-OH is 1. The molecule has 6 atom stereocenters. The van der Waals surface area contributed by atoms with Gasteiger partial charge in [0.25, 0.3) is 23.6 Å². The van der Waals surface area contributed by atoms with E-state index >= 15 is 0 Å². The number of benzene rings is 4. The SMILES string of the molecule is CC[C@H]1CN(c2nc(N)c(C(=O)NC)nc2Cl)CCN1C1CCN(Cc2ccc(Cl)cc2)CC1.CC[C@H]1CN(c2nc(N)c(C(=O)NC)nc2Cl)CCN1C1CCN([C@@H](CO)c2ccc(Cl)cc2)CC1.CC[C@H]1CN(c2nc(N)c(C(=O)NC3CC3)nc2Cl)CCN1C1CCN(C(C(N)=O)c2ccc(Cl)cc2)CC1.CC[C@H]1CN(c2nc(N)c(C(=O)NC3CC3)nc2Cl)CCN1C1CCN(Cc2ccc(Cl)cc2F)CC1. The van der Waals surface area contributed by atoms with Gasteiger partial charge in [0.2, 0.25) is 5.91 Å². The maximum absolute atomic E-state index is 14.2. The number of piperazine rings is 4. The number of aliphatic hydroxyl groups is 1. The number of aromatic nitrogens is 8. The van der Waals surface area contributed by atoms with Crippen LogP contribution in [-0.2, 0) is 17.9 Å². The van der Waals surface area contributed by atoms with Crippen LogP contribution in [0.25, 0.3) is 0 Å². The molecule has 4 aromatic heterocycles. The Morgan fingerprint density at radius 1 is 0.377 bits per heavy atom. The van der Waals surface area contributed by atoms with Gasteiger partial charge in [0, 0.05) is 218 Å². The third kappa shape index (κ3) is 28.0. The molecule has 0 spiro atoms. The first kappa shape index (κ1) is 111. The van der Waals surface area contributed by atoms with Crippen LogP contribution in [0, 0.1) is 5.82 Å². The Kier molecular flexibility index (Phi) is 39.2. The maximum atomic E-state index is 14.2. The number of likely N-dealkylation sites (tertiary alicyclic amines) is 4. The predicted octanol–water partition coefficient (Wildman–Crippen LogP) is 12.9. The van der Waals surface area contributed by atoms with Crippen molar-refractivity contribution >= 4 is 169 Å². The highest BCUT2D eigenvalue weighted by molar-refractivity contribution is 6.34. The molecule has 2 aliphatic carbocycles. The molecule has 8 aromatic rings. The first-order valence-electron chi connectivity index (χ1n) is 51.2. The van der Waals surface area contributed by atoms with Gasteiger partial charge in [-0.2, -0.15) is 0 Å². The average Bonchev–Trinajstić information content (AvgIpc) is 0.904. The van der Waals surface area contributed by atoms with Crippen LogP contribution in [0.15, 0.2) is 91.0 Å². The second-order valence-electron chi connectivity index (χ2n) is 39.4. The van der Waals surface area contributed by atoms with Crippen LogP contribution in [0.4, 0.5) is 50.9 Å². The molecule has 790 valence electrons. The molecule has 146 heavy (non-hydrogen) atoms.